The van der Waals surface area contributed by atoms with E-state index in [9.17, 15) is 14.9 Å². The lowest BCUT2D eigenvalue weighted by Crippen LogP contribution is -2.24. The number of aryl methyl sites for hydroxylation is 1. The van der Waals surface area contributed by atoms with E-state index in [0.717, 1.165) is 16.3 Å². The Kier molecular flexibility index (Phi) is 5.01. The van der Waals surface area contributed by atoms with E-state index in [4.69, 9.17) is 0 Å². The van der Waals surface area contributed by atoms with Crippen LogP contribution in [0.1, 0.15) is 24.2 Å². The monoisotopic (exact) mass is 404 g/mol. The molecule has 9 nitrogen and oxygen atoms in total. The molecule has 0 fully saturated rings. The Morgan fingerprint density at radius 1 is 1.20 bits per heavy atom. The molecule has 0 aliphatic carbocycles. The number of aromatic nitrogens is 4. The van der Waals surface area contributed by atoms with E-state index >= 15 is 0 Å². The van der Waals surface area contributed by atoms with Gasteiger partial charge in [-0.15, -0.1) is 0 Å². The van der Waals surface area contributed by atoms with E-state index in [1.165, 1.54) is 17.8 Å². The molecule has 4 aromatic rings. The Labute approximate surface area is 172 Å². The molecule has 0 aliphatic heterocycles. The van der Waals surface area contributed by atoms with Gasteiger partial charge in [-0.05, 0) is 30.2 Å². The quantitative estimate of drug-likeness (QED) is 0.389. The van der Waals surface area contributed by atoms with Crippen LogP contribution in [0.3, 0.4) is 0 Å². The highest BCUT2D eigenvalue weighted by Gasteiger charge is 2.22. The smallest absolute Gasteiger partial charge is 0.309 e. The van der Waals surface area contributed by atoms with Gasteiger partial charge >= 0.3 is 5.69 Å². The number of carbonyl (C=O) groups is 1. The van der Waals surface area contributed by atoms with Crippen molar-refractivity contribution in [1.29, 1.82) is 0 Å². The van der Waals surface area contributed by atoms with Crippen LogP contribution >= 0.6 is 0 Å². The zero-order chi connectivity index (χ0) is 21.3. The van der Waals surface area contributed by atoms with Crippen molar-refractivity contribution < 1.29 is 9.72 Å². The number of carbonyl (C=O) groups excluding carboxylic acids is 1. The number of hydrogen-bond acceptors (Lipinski definition) is 5. The van der Waals surface area contributed by atoms with Crippen LogP contribution in [0.25, 0.3) is 10.8 Å². The molecule has 1 N–H and O–H groups in total. The highest BCUT2D eigenvalue weighted by molar-refractivity contribution is 5.93. The lowest BCUT2D eigenvalue weighted by atomic mass is 10.0. The number of nitrogens with one attached hydrogen (secondary N) is 1. The summed E-state index contributed by atoms with van der Waals surface area (Å²) in [6.07, 6.45) is 4.60. The van der Waals surface area contributed by atoms with Gasteiger partial charge in [0.15, 0.2) is 0 Å². The second-order valence-corrected chi connectivity index (χ2v) is 7.07. The first-order valence-electron chi connectivity index (χ1n) is 9.42. The molecule has 2 aromatic carbocycles. The number of nitrogens with zero attached hydrogens (tertiary/aromatic N) is 5. The summed E-state index contributed by atoms with van der Waals surface area (Å²) < 4.78 is 3.05. The molecule has 0 bridgehead atoms. The molecule has 0 saturated carbocycles. The van der Waals surface area contributed by atoms with Crippen molar-refractivity contribution >= 4 is 28.1 Å². The van der Waals surface area contributed by atoms with E-state index in [1.54, 1.807) is 24.0 Å². The first kappa shape index (κ1) is 19.3. The molecule has 0 saturated heterocycles. The highest BCUT2D eigenvalue weighted by Crippen LogP contribution is 2.21. The lowest BCUT2D eigenvalue weighted by Gasteiger charge is -2.11. The highest BCUT2D eigenvalue weighted by atomic mass is 16.6. The fourth-order valence-corrected chi connectivity index (χ4v) is 3.34. The van der Waals surface area contributed by atoms with E-state index in [-0.39, 0.29) is 17.3 Å². The molecule has 0 radical (unpaired) electrons. The van der Waals surface area contributed by atoms with Gasteiger partial charge in [-0.3, -0.25) is 24.3 Å². The van der Waals surface area contributed by atoms with Gasteiger partial charge in [0.25, 0.3) is 0 Å². The SMILES string of the molecule is Cc1nn(C(C)C(=O)Nc2cnn(Cc3cccc4ccccc34)c2)cc1[N+](=O)[O-]. The molecule has 2 aromatic heterocycles. The van der Waals surface area contributed by atoms with Crippen molar-refractivity contribution in [2.45, 2.75) is 26.4 Å². The summed E-state index contributed by atoms with van der Waals surface area (Å²) in [6.45, 7) is 3.74. The third-order valence-electron chi connectivity index (χ3n) is 4.98. The van der Waals surface area contributed by atoms with Gasteiger partial charge in [0.1, 0.15) is 17.9 Å². The van der Waals surface area contributed by atoms with Crippen LogP contribution in [0.2, 0.25) is 0 Å². The first-order valence-corrected chi connectivity index (χ1v) is 9.42. The lowest BCUT2D eigenvalue weighted by molar-refractivity contribution is -0.385. The summed E-state index contributed by atoms with van der Waals surface area (Å²) >= 11 is 0. The summed E-state index contributed by atoms with van der Waals surface area (Å²) in [6, 6.07) is 13.6. The Balaban J connectivity index is 1.47. The Morgan fingerprint density at radius 2 is 1.97 bits per heavy atom. The third kappa shape index (κ3) is 3.77. The molecular weight excluding hydrogens is 384 g/mol. The molecule has 9 heteroatoms. The summed E-state index contributed by atoms with van der Waals surface area (Å²) in [7, 11) is 0. The van der Waals surface area contributed by atoms with Gasteiger partial charge in [0.05, 0.1) is 23.4 Å². The standard InChI is InChI=1S/C21H20N6O3/c1-14-20(27(29)30)13-26(24-14)15(2)21(28)23-18-10-22-25(12-18)11-17-8-5-7-16-6-3-4-9-19(16)17/h3-10,12-13,15H,11H2,1-2H3,(H,23,28). The van der Waals surface area contributed by atoms with Gasteiger partial charge in [0.2, 0.25) is 5.91 Å². The van der Waals surface area contributed by atoms with Crippen molar-refractivity contribution in [3.63, 3.8) is 0 Å². The van der Waals surface area contributed by atoms with Gasteiger partial charge < -0.3 is 5.32 Å². The fourth-order valence-electron chi connectivity index (χ4n) is 3.34. The van der Waals surface area contributed by atoms with E-state index in [1.807, 2.05) is 18.2 Å². The average molecular weight is 404 g/mol. The minimum Gasteiger partial charge on any atom is -0.322 e. The molecule has 1 atom stereocenters. The van der Waals surface area contributed by atoms with Gasteiger partial charge in [-0.1, -0.05) is 42.5 Å². The Hall–Kier alpha value is -4.01. The normalized spacial score (nSPS) is 12.1. The van der Waals surface area contributed by atoms with E-state index in [0.29, 0.717) is 12.2 Å². The zero-order valence-corrected chi connectivity index (χ0v) is 16.5. The van der Waals surface area contributed by atoms with Crippen molar-refractivity contribution in [3.8, 4) is 0 Å². The second-order valence-electron chi connectivity index (χ2n) is 7.07. The number of fused-ring (bicyclic) bond motifs is 1. The van der Waals surface area contributed by atoms with Crippen LogP contribution in [-0.2, 0) is 11.3 Å². The third-order valence-corrected chi connectivity index (χ3v) is 4.98. The summed E-state index contributed by atoms with van der Waals surface area (Å²) in [5.41, 5.74) is 1.83. The van der Waals surface area contributed by atoms with Crippen molar-refractivity contribution in [2.24, 2.45) is 0 Å². The average Bonchev–Trinajstić information content (AvgIpc) is 3.34. The number of hydrogen-bond donors (Lipinski definition) is 1. The van der Waals surface area contributed by atoms with Crippen LogP contribution in [0.5, 0.6) is 0 Å². The number of amides is 1. The van der Waals surface area contributed by atoms with E-state index < -0.39 is 11.0 Å². The first-order chi connectivity index (χ1) is 14.4. The number of nitro groups is 1. The number of benzene rings is 2. The molecule has 1 amide bonds. The minimum absolute atomic E-state index is 0.113. The molecule has 0 aliphatic rings. The molecular formula is C21H20N6O3. The Morgan fingerprint density at radius 3 is 2.73 bits per heavy atom. The predicted molar refractivity (Wildman–Crippen MR) is 112 cm³/mol. The molecule has 2 heterocycles. The maximum atomic E-state index is 12.6. The van der Waals surface area contributed by atoms with Crippen LogP contribution in [0.15, 0.2) is 61.1 Å². The summed E-state index contributed by atoms with van der Waals surface area (Å²) in [5.74, 6) is -0.336. The number of rotatable bonds is 6. The molecule has 0 spiro atoms. The topological polar surface area (TPSA) is 108 Å². The van der Waals surface area contributed by atoms with Gasteiger partial charge in [0, 0.05) is 6.20 Å². The van der Waals surface area contributed by atoms with Crippen LogP contribution in [0, 0.1) is 17.0 Å². The predicted octanol–water partition coefficient (Wildman–Crippen LogP) is 3.70. The molecule has 1 unspecified atom stereocenters. The minimum atomic E-state index is -0.709. The van der Waals surface area contributed by atoms with Crippen LogP contribution in [0.4, 0.5) is 11.4 Å². The fraction of sp³-hybridized carbons (Fsp3) is 0.190. The van der Waals surface area contributed by atoms with Gasteiger partial charge in [-0.25, -0.2) is 0 Å². The Bertz CT molecular complexity index is 1240. The van der Waals surface area contributed by atoms with Gasteiger partial charge in [-0.2, -0.15) is 10.2 Å². The largest absolute Gasteiger partial charge is 0.322 e. The maximum absolute atomic E-state index is 12.6. The summed E-state index contributed by atoms with van der Waals surface area (Å²) in [5, 5.41) is 24.5. The zero-order valence-electron chi connectivity index (χ0n) is 16.5. The van der Waals surface area contributed by atoms with Crippen molar-refractivity contribution in [2.75, 3.05) is 5.32 Å². The summed E-state index contributed by atoms with van der Waals surface area (Å²) in [4.78, 5) is 23.0. The van der Waals surface area contributed by atoms with Crippen LogP contribution < -0.4 is 5.32 Å². The second kappa shape index (κ2) is 7.78. The molecule has 30 heavy (non-hydrogen) atoms. The van der Waals surface area contributed by atoms with Crippen molar-refractivity contribution in [3.05, 3.63) is 82.4 Å². The van der Waals surface area contributed by atoms with Crippen LogP contribution in [-0.4, -0.2) is 30.4 Å². The van der Waals surface area contributed by atoms with Crippen molar-refractivity contribution in [1.82, 2.24) is 19.6 Å². The molecule has 152 valence electrons. The maximum Gasteiger partial charge on any atom is 0.309 e. The molecule has 4 rings (SSSR count). The van der Waals surface area contributed by atoms with E-state index in [2.05, 4.69) is 39.8 Å². The number of anilines is 1.